The molecule has 0 N–H and O–H groups in total. The normalized spacial score (nSPS) is 11.9. The molecule has 0 saturated heterocycles. The SMILES string of the molecule is C=C(C)/C=C(/O/C(=C/C(=C)C)c1ccccc1)c1ccccc1. The molecule has 23 heavy (non-hydrogen) atoms. The van der Waals surface area contributed by atoms with E-state index in [4.69, 9.17) is 4.74 Å². The van der Waals surface area contributed by atoms with Crippen LogP contribution in [0.5, 0.6) is 0 Å². The highest BCUT2D eigenvalue weighted by atomic mass is 16.5. The Hall–Kier alpha value is -2.80. The van der Waals surface area contributed by atoms with Crippen molar-refractivity contribution in [2.75, 3.05) is 0 Å². The van der Waals surface area contributed by atoms with Crippen molar-refractivity contribution in [3.05, 3.63) is 108 Å². The highest BCUT2D eigenvalue weighted by molar-refractivity contribution is 5.72. The van der Waals surface area contributed by atoms with Crippen molar-refractivity contribution in [2.24, 2.45) is 0 Å². The second-order valence-corrected chi connectivity index (χ2v) is 5.54. The van der Waals surface area contributed by atoms with Gasteiger partial charge in [-0.15, -0.1) is 0 Å². The third-order valence-electron chi connectivity index (χ3n) is 3.09. The van der Waals surface area contributed by atoms with Gasteiger partial charge in [0.05, 0.1) is 0 Å². The van der Waals surface area contributed by atoms with Gasteiger partial charge in [-0.05, 0) is 26.0 Å². The molecule has 1 nitrogen and oxygen atoms in total. The van der Waals surface area contributed by atoms with Crippen LogP contribution in [0, 0.1) is 0 Å². The second-order valence-electron chi connectivity index (χ2n) is 5.54. The van der Waals surface area contributed by atoms with E-state index in [9.17, 15) is 0 Å². The molecule has 0 bridgehead atoms. The Kier molecular flexibility index (Phi) is 5.76. The van der Waals surface area contributed by atoms with Gasteiger partial charge in [-0.25, -0.2) is 0 Å². The molecule has 2 aromatic rings. The van der Waals surface area contributed by atoms with Gasteiger partial charge in [0.25, 0.3) is 0 Å². The molecule has 0 radical (unpaired) electrons. The molecule has 0 aliphatic rings. The van der Waals surface area contributed by atoms with Gasteiger partial charge in [-0.2, -0.15) is 0 Å². The van der Waals surface area contributed by atoms with E-state index in [-0.39, 0.29) is 0 Å². The van der Waals surface area contributed by atoms with E-state index >= 15 is 0 Å². The number of ether oxygens (including phenoxy) is 1. The average Bonchev–Trinajstić information content (AvgIpc) is 2.54. The fraction of sp³-hybridized carbons (Fsp3) is 0.0909. The van der Waals surface area contributed by atoms with Crippen LogP contribution in [0.4, 0.5) is 0 Å². The van der Waals surface area contributed by atoms with Crippen molar-refractivity contribution in [2.45, 2.75) is 13.8 Å². The zero-order valence-electron chi connectivity index (χ0n) is 13.8. The van der Waals surface area contributed by atoms with E-state index in [1.807, 2.05) is 86.7 Å². The predicted molar refractivity (Wildman–Crippen MR) is 99.6 cm³/mol. The highest BCUT2D eigenvalue weighted by Gasteiger charge is 2.09. The summed E-state index contributed by atoms with van der Waals surface area (Å²) in [5.41, 5.74) is 3.90. The van der Waals surface area contributed by atoms with Gasteiger partial charge < -0.3 is 4.74 Å². The van der Waals surface area contributed by atoms with Gasteiger partial charge in [0, 0.05) is 11.1 Å². The van der Waals surface area contributed by atoms with Crippen molar-refractivity contribution >= 4 is 11.5 Å². The topological polar surface area (TPSA) is 9.23 Å². The van der Waals surface area contributed by atoms with Gasteiger partial charge in [0.2, 0.25) is 0 Å². The van der Waals surface area contributed by atoms with Crippen LogP contribution in [-0.4, -0.2) is 0 Å². The fourth-order valence-electron chi connectivity index (χ4n) is 2.11. The molecule has 0 aromatic heterocycles. The third kappa shape index (κ3) is 5.15. The van der Waals surface area contributed by atoms with Gasteiger partial charge >= 0.3 is 0 Å². The van der Waals surface area contributed by atoms with E-state index in [1.165, 1.54) is 0 Å². The number of rotatable bonds is 6. The summed E-state index contributed by atoms with van der Waals surface area (Å²) in [6, 6.07) is 20.1. The Morgan fingerprint density at radius 2 is 1.04 bits per heavy atom. The van der Waals surface area contributed by atoms with Crippen LogP contribution in [0.2, 0.25) is 0 Å². The highest BCUT2D eigenvalue weighted by Crippen LogP contribution is 2.27. The van der Waals surface area contributed by atoms with Crippen LogP contribution >= 0.6 is 0 Å². The fourth-order valence-corrected chi connectivity index (χ4v) is 2.11. The van der Waals surface area contributed by atoms with E-state index in [0.717, 1.165) is 33.8 Å². The number of hydrogen-bond acceptors (Lipinski definition) is 1. The van der Waals surface area contributed by atoms with Crippen LogP contribution < -0.4 is 0 Å². The molecule has 0 spiro atoms. The van der Waals surface area contributed by atoms with Crippen LogP contribution in [0.3, 0.4) is 0 Å². The lowest BCUT2D eigenvalue weighted by Gasteiger charge is -2.15. The second kappa shape index (κ2) is 8.00. The zero-order valence-corrected chi connectivity index (χ0v) is 13.8. The minimum atomic E-state index is 0.773. The standard InChI is InChI=1S/C22H22O/c1-17(2)15-21(19-11-7-5-8-12-19)23-22(16-18(3)4)20-13-9-6-10-14-20/h5-16H,1,3H2,2,4H3/b21-15+,22-16+. The number of hydrogen-bond donors (Lipinski definition) is 0. The van der Waals surface area contributed by atoms with Crippen molar-refractivity contribution in [1.29, 1.82) is 0 Å². The van der Waals surface area contributed by atoms with Gasteiger partial charge in [0.15, 0.2) is 0 Å². The molecule has 1 heteroatoms. The maximum absolute atomic E-state index is 6.24. The Balaban J connectivity index is 2.43. The first-order valence-electron chi connectivity index (χ1n) is 7.59. The lowest BCUT2D eigenvalue weighted by Crippen LogP contribution is -1.95. The van der Waals surface area contributed by atoms with Crippen molar-refractivity contribution in [3.8, 4) is 0 Å². The Labute approximate surface area is 138 Å². The van der Waals surface area contributed by atoms with Crippen LogP contribution in [0.1, 0.15) is 25.0 Å². The van der Waals surface area contributed by atoms with Crippen molar-refractivity contribution in [3.63, 3.8) is 0 Å². The van der Waals surface area contributed by atoms with Crippen LogP contribution in [0.25, 0.3) is 11.5 Å². The Morgan fingerprint density at radius 1 is 0.696 bits per heavy atom. The predicted octanol–water partition coefficient (Wildman–Crippen LogP) is 6.24. The quantitative estimate of drug-likeness (QED) is 0.453. The first kappa shape index (κ1) is 16.6. The summed E-state index contributed by atoms with van der Waals surface area (Å²) in [5.74, 6) is 1.55. The maximum atomic E-state index is 6.24. The van der Waals surface area contributed by atoms with Crippen molar-refractivity contribution < 1.29 is 4.74 Å². The molecule has 0 amide bonds. The number of allylic oxidation sites excluding steroid dienone is 4. The molecular formula is C22H22O. The van der Waals surface area contributed by atoms with Gasteiger partial charge in [-0.1, -0.05) is 85.0 Å². The monoisotopic (exact) mass is 302 g/mol. The lowest BCUT2D eigenvalue weighted by atomic mass is 10.1. The Bertz CT molecular complexity index is 669. The summed E-state index contributed by atoms with van der Waals surface area (Å²) >= 11 is 0. The molecule has 0 atom stereocenters. The molecule has 2 rings (SSSR count). The molecule has 116 valence electrons. The first-order chi connectivity index (χ1) is 11.1. The summed E-state index contributed by atoms with van der Waals surface area (Å²) in [4.78, 5) is 0. The van der Waals surface area contributed by atoms with E-state index < -0.39 is 0 Å². The molecule has 2 aromatic carbocycles. The summed E-state index contributed by atoms with van der Waals surface area (Å²) in [6.07, 6.45) is 3.90. The minimum Gasteiger partial charge on any atom is -0.456 e. The van der Waals surface area contributed by atoms with Crippen LogP contribution in [-0.2, 0) is 4.74 Å². The summed E-state index contributed by atoms with van der Waals surface area (Å²) in [7, 11) is 0. The van der Waals surface area contributed by atoms with E-state index in [0.29, 0.717) is 0 Å². The van der Waals surface area contributed by atoms with Crippen LogP contribution in [0.15, 0.2) is 97.1 Å². The molecular weight excluding hydrogens is 280 g/mol. The molecule has 0 aliphatic carbocycles. The summed E-state index contributed by atoms with van der Waals surface area (Å²) in [6.45, 7) is 11.8. The van der Waals surface area contributed by atoms with Gasteiger partial charge in [-0.3, -0.25) is 0 Å². The smallest absolute Gasteiger partial charge is 0.134 e. The summed E-state index contributed by atoms with van der Waals surface area (Å²) in [5, 5.41) is 0. The average molecular weight is 302 g/mol. The zero-order chi connectivity index (χ0) is 16.7. The molecule has 0 unspecified atom stereocenters. The maximum Gasteiger partial charge on any atom is 0.134 e. The summed E-state index contributed by atoms with van der Waals surface area (Å²) < 4.78 is 6.24. The molecule has 0 heterocycles. The largest absolute Gasteiger partial charge is 0.456 e. The lowest BCUT2D eigenvalue weighted by molar-refractivity contribution is 0.470. The van der Waals surface area contributed by atoms with E-state index in [1.54, 1.807) is 0 Å². The minimum absolute atomic E-state index is 0.773. The first-order valence-corrected chi connectivity index (χ1v) is 7.59. The van der Waals surface area contributed by atoms with E-state index in [2.05, 4.69) is 13.2 Å². The third-order valence-corrected chi connectivity index (χ3v) is 3.09. The van der Waals surface area contributed by atoms with Crippen molar-refractivity contribution in [1.82, 2.24) is 0 Å². The number of benzene rings is 2. The molecule has 0 saturated carbocycles. The molecule has 0 fully saturated rings. The Morgan fingerprint density at radius 3 is 1.35 bits per heavy atom. The van der Waals surface area contributed by atoms with Gasteiger partial charge in [0.1, 0.15) is 11.5 Å². The molecule has 0 aliphatic heterocycles.